The summed E-state index contributed by atoms with van der Waals surface area (Å²) in [4.78, 5) is 13.1. The fourth-order valence-electron chi connectivity index (χ4n) is 3.00. The number of hydrogen-bond donors (Lipinski definition) is 1. The summed E-state index contributed by atoms with van der Waals surface area (Å²) < 4.78 is 1.69. The molecule has 0 amide bonds. The fourth-order valence-corrected chi connectivity index (χ4v) is 3.00. The second-order valence-electron chi connectivity index (χ2n) is 7.76. The number of nitrogens with zero attached hydrogens (tertiary/aromatic N) is 9. The van der Waals surface area contributed by atoms with Gasteiger partial charge in [-0.3, -0.25) is 4.68 Å². The molecule has 1 saturated heterocycles. The van der Waals surface area contributed by atoms with Crippen molar-refractivity contribution in [1.82, 2.24) is 40.0 Å². The molecule has 0 unspecified atom stereocenters. The number of aliphatic hydroxyl groups is 1. The molecule has 0 radical (unpaired) electrons. The van der Waals surface area contributed by atoms with Crippen LogP contribution in [0.15, 0.2) is 6.20 Å². The lowest BCUT2D eigenvalue weighted by atomic mass is 9.96. The molecule has 4 heterocycles. The van der Waals surface area contributed by atoms with E-state index < -0.39 is 0 Å². The number of aromatic nitrogens is 8. The van der Waals surface area contributed by atoms with Gasteiger partial charge in [0.05, 0.1) is 18.0 Å². The van der Waals surface area contributed by atoms with Crippen molar-refractivity contribution in [2.75, 3.05) is 18.0 Å². The molecular formula is C16H23N9O. The Kier molecular flexibility index (Phi) is 3.87. The number of fused-ring (bicyclic) bond motifs is 1. The minimum Gasteiger partial charge on any atom is -0.391 e. The van der Waals surface area contributed by atoms with Crippen LogP contribution in [0.3, 0.4) is 0 Å². The van der Waals surface area contributed by atoms with E-state index in [9.17, 15) is 5.11 Å². The maximum absolute atomic E-state index is 9.93. The van der Waals surface area contributed by atoms with Gasteiger partial charge in [-0.15, -0.1) is 15.3 Å². The number of anilines is 1. The maximum Gasteiger partial charge on any atom is 0.207 e. The topological polar surface area (TPSA) is 111 Å². The fraction of sp³-hybridized carbons (Fsp3) is 0.625. The second kappa shape index (κ2) is 5.97. The molecule has 0 saturated carbocycles. The van der Waals surface area contributed by atoms with Crippen molar-refractivity contribution in [1.29, 1.82) is 0 Å². The molecule has 4 rings (SSSR count). The van der Waals surface area contributed by atoms with Gasteiger partial charge in [-0.2, -0.15) is 4.80 Å². The summed E-state index contributed by atoms with van der Waals surface area (Å²) in [6.07, 6.45) is 2.08. The van der Waals surface area contributed by atoms with Gasteiger partial charge in [-0.1, -0.05) is 26.0 Å². The first-order valence-electron chi connectivity index (χ1n) is 8.71. The van der Waals surface area contributed by atoms with Crippen molar-refractivity contribution in [3.63, 3.8) is 0 Å². The number of aryl methyl sites for hydroxylation is 1. The van der Waals surface area contributed by atoms with E-state index in [1.54, 1.807) is 15.7 Å². The van der Waals surface area contributed by atoms with Crippen LogP contribution in [-0.4, -0.2) is 64.3 Å². The van der Waals surface area contributed by atoms with Crippen LogP contribution in [0, 0.1) is 0 Å². The molecule has 1 aliphatic rings. The standard InChI is InChI=1S/C16H23N9O/c1-16(2,3)15-18-13-12(14(19-15)24-6-5-11(26)9-24)20-25(21-13)8-10-7-17-22-23(10)4/h7,11,26H,5-6,8-9H2,1-4H3/t11-/m0/s1. The first-order chi connectivity index (χ1) is 12.3. The van der Waals surface area contributed by atoms with E-state index in [2.05, 4.69) is 51.2 Å². The molecule has 10 heteroatoms. The SMILES string of the molecule is Cn1nncc1Cn1nc2nc(C(C)(C)C)nc(N3CC[C@H](O)C3)c2n1. The molecule has 138 valence electrons. The van der Waals surface area contributed by atoms with Crippen molar-refractivity contribution in [3.05, 3.63) is 17.7 Å². The van der Waals surface area contributed by atoms with E-state index in [4.69, 9.17) is 4.98 Å². The molecular weight excluding hydrogens is 334 g/mol. The van der Waals surface area contributed by atoms with Crippen LogP contribution >= 0.6 is 0 Å². The largest absolute Gasteiger partial charge is 0.391 e. The third kappa shape index (κ3) is 3.00. The van der Waals surface area contributed by atoms with Gasteiger partial charge in [-0.05, 0) is 6.42 Å². The van der Waals surface area contributed by atoms with E-state index in [0.29, 0.717) is 24.3 Å². The minimum atomic E-state index is -0.339. The summed E-state index contributed by atoms with van der Waals surface area (Å²) in [7, 11) is 1.83. The van der Waals surface area contributed by atoms with E-state index in [0.717, 1.165) is 30.3 Å². The number of hydrogen-bond acceptors (Lipinski definition) is 8. The van der Waals surface area contributed by atoms with E-state index in [1.807, 2.05) is 7.05 Å². The number of rotatable bonds is 3. The number of aliphatic hydroxyl groups excluding tert-OH is 1. The van der Waals surface area contributed by atoms with Crippen LogP contribution in [0.25, 0.3) is 11.2 Å². The molecule has 1 fully saturated rings. The van der Waals surface area contributed by atoms with Crippen molar-refractivity contribution in [3.8, 4) is 0 Å². The molecule has 1 atom stereocenters. The van der Waals surface area contributed by atoms with Crippen molar-refractivity contribution in [2.45, 2.75) is 45.3 Å². The molecule has 0 aliphatic carbocycles. The lowest BCUT2D eigenvalue weighted by Crippen LogP contribution is -2.25. The Morgan fingerprint density at radius 1 is 1.23 bits per heavy atom. The molecule has 1 N–H and O–H groups in total. The summed E-state index contributed by atoms with van der Waals surface area (Å²) in [6.45, 7) is 7.96. The lowest BCUT2D eigenvalue weighted by molar-refractivity contribution is 0.198. The van der Waals surface area contributed by atoms with Crippen LogP contribution < -0.4 is 4.90 Å². The lowest BCUT2D eigenvalue weighted by Gasteiger charge is -2.21. The first kappa shape index (κ1) is 16.8. The summed E-state index contributed by atoms with van der Waals surface area (Å²) in [5.41, 5.74) is 1.91. The zero-order valence-corrected chi connectivity index (χ0v) is 15.5. The molecule has 0 aromatic carbocycles. The second-order valence-corrected chi connectivity index (χ2v) is 7.76. The first-order valence-corrected chi connectivity index (χ1v) is 8.71. The van der Waals surface area contributed by atoms with Gasteiger partial charge >= 0.3 is 0 Å². The van der Waals surface area contributed by atoms with E-state index in [1.165, 1.54) is 0 Å². The van der Waals surface area contributed by atoms with Crippen molar-refractivity contribution >= 4 is 17.0 Å². The third-order valence-electron chi connectivity index (χ3n) is 4.52. The molecule has 3 aromatic heterocycles. The Hall–Kier alpha value is -2.62. The Balaban J connectivity index is 1.80. The monoisotopic (exact) mass is 357 g/mol. The smallest absolute Gasteiger partial charge is 0.207 e. The van der Waals surface area contributed by atoms with Crippen LogP contribution in [0.1, 0.15) is 38.7 Å². The maximum atomic E-state index is 9.93. The Labute approximate surface area is 150 Å². The van der Waals surface area contributed by atoms with Gasteiger partial charge < -0.3 is 10.0 Å². The van der Waals surface area contributed by atoms with Gasteiger partial charge in [0.25, 0.3) is 0 Å². The number of β-amino-alcohol motifs (C(OH)–C–C–N with tert-alkyl or cyclic N) is 1. The summed E-state index contributed by atoms with van der Waals surface area (Å²) >= 11 is 0. The summed E-state index contributed by atoms with van der Waals surface area (Å²) in [5, 5.41) is 26.9. The van der Waals surface area contributed by atoms with E-state index >= 15 is 0 Å². The van der Waals surface area contributed by atoms with Crippen LogP contribution in [-0.2, 0) is 19.0 Å². The predicted octanol–water partition coefficient (Wildman–Crippen LogP) is 0.267. The normalized spacial score (nSPS) is 18.2. The predicted molar refractivity (Wildman–Crippen MR) is 94.8 cm³/mol. The quantitative estimate of drug-likeness (QED) is 0.711. The third-order valence-corrected chi connectivity index (χ3v) is 4.52. The highest BCUT2D eigenvalue weighted by molar-refractivity contribution is 5.82. The minimum absolute atomic E-state index is 0.211. The molecule has 0 spiro atoms. The summed E-state index contributed by atoms with van der Waals surface area (Å²) in [6, 6.07) is 0. The Morgan fingerprint density at radius 3 is 2.65 bits per heavy atom. The summed E-state index contributed by atoms with van der Waals surface area (Å²) in [5.74, 6) is 1.46. The van der Waals surface area contributed by atoms with Gasteiger partial charge in [0.1, 0.15) is 12.4 Å². The van der Waals surface area contributed by atoms with Crippen LogP contribution in [0.2, 0.25) is 0 Å². The average molecular weight is 357 g/mol. The molecule has 0 bridgehead atoms. The van der Waals surface area contributed by atoms with Crippen molar-refractivity contribution in [2.24, 2.45) is 7.05 Å². The zero-order valence-electron chi connectivity index (χ0n) is 15.5. The van der Waals surface area contributed by atoms with Crippen LogP contribution in [0.4, 0.5) is 5.82 Å². The molecule has 1 aliphatic heterocycles. The highest BCUT2D eigenvalue weighted by atomic mass is 16.3. The van der Waals surface area contributed by atoms with Gasteiger partial charge in [0.15, 0.2) is 11.3 Å². The average Bonchev–Trinajstić information content (AvgIpc) is 3.26. The Bertz CT molecular complexity index is 939. The van der Waals surface area contributed by atoms with Crippen molar-refractivity contribution < 1.29 is 5.11 Å². The molecule has 26 heavy (non-hydrogen) atoms. The van der Waals surface area contributed by atoms with Gasteiger partial charge in [0, 0.05) is 25.6 Å². The zero-order chi connectivity index (χ0) is 18.5. The Morgan fingerprint density at radius 2 is 2.04 bits per heavy atom. The van der Waals surface area contributed by atoms with Gasteiger partial charge in [-0.25, -0.2) is 9.97 Å². The highest BCUT2D eigenvalue weighted by Crippen LogP contribution is 2.28. The molecule has 10 nitrogen and oxygen atoms in total. The van der Waals surface area contributed by atoms with Gasteiger partial charge in [0.2, 0.25) is 5.65 Å². The molecule has 3 aromatic rings. The highest BCUT2D eigenvalue weighted by Gasteiger charge is 2.28. The van der Waals surface area contributed by atoms with Crippen LogP contribution in [0.5, 0.6) is 0 Å². The van der Waals surface area contributed by atoms with E-state index in [-0.39, 0.29) is 11.5 Å².